The lowest BCUT2D eigenvalue weighted by Crippen LogP contribution is -2.10. The summed E-state index contributed by atoms with van der Waals surface area (Å²) in [6.07, 6.45) is 0. The molecule has 3 rings (SSSR count). The van der Waals surface area contributed by atoms with Crippen LogP contribution in [0, 0.1) is 0 Å². The van der Waals surface area contributed by atoms with Gasteiger partial charge in [-0.2, -0.15) is 0 Å². The van der Waals surface area contributed by atoms with Gasteiger partial charge in [0.15, 0.2) is 11.5 Å². The molecule has 0 aliphatic carbocycles. The smallest absolute Gasteiger partial charge is 0.243 e. The van der Waals surface area contributed by atoms with Crippen molar-refractivity contribution in [2.45, 2.75) is 33.5 Å². The number of ether oxygens (including phenoxy) is 2. The number of aromatic nitrogens is 4. The normalized spacial score (nSPS) is 10.5. The van der Waals surface area contributed by atoms with Gasteiger partial charge in [0.25, 0.3) is 0 Å². The highest BCUT2D eigenvalue weighted by atomic mass is 16.5. The molecular weight excluding hydrogens is 330 g/mol. The lowest BCUT2D eigenvalue weighted by molar-refractivity contribution is 0.267. The zero-order valence-electron chi connectivity index (χ0n) is 15.1. The Kier molecular flexibility index (Phi) is 6.03. The van der Waals surface area contributed by atoms with Gasteiger partial charge >= 0.3 is 0 Å². The van der Waals surface area contributed by atoms with E-state index in [9.17, 15) is 0 Å². The number of benzene rings is 2. The summed E-state index contributed by atoms with van der Waals surface area (Å²) in [5.41, 5.74) is 2.09. The van der Waals surface area contributed by atoms with Crippen LogP contribution in [0.3, 0.4) is 0 Å². The average Bonchev–Trinajstić information content (AvgIpc) is 3.14. The van der Waals surface area contributed by atoms with E-state index in [0.717, 1.165) is 22.6 Å². The van der Waals surface area contributed by atoms with Gasteiger partial charge in [-0.05, 0) is 35.9 Å². The third kappa shape index (κ3) is 4.30. The van der Waals surface area contributed by atoms with Crippen LogP contribution >= 0.6 is 0 Å². The first-order valence-corrected chi connectivity index (χ1v) is 8.73. The summed E-state index contributed by atoms with van der Waals surface area (Å²) in [5.74, 6) is 2.10. The summed E-state index contributed by atoms with van der Waals surface area (Å²) in [6.45, 7) is 6.24. The summed E-state index contributed by atoms with van der Waals surface area (Å²) in [5, 5.41) is 14.9. The maximum absolute atomic E-state index is 6.11. The Bertz CT molecular complexity index is 820. The highest BCUT2D eigenvalue weighted by Crippen LogP contribution is 2.32. The molecule has 0 fully saturated rings. The number of hydrogen-bond acceptors (Lipinski definition) is 6. The number of nitrogens with one attached hydrogen (secondary N) is 1. The molecule has 0 radical (unpaired) electrons. The SMILES string of the molecule is CCOc1cccc(CNc2nnnn2CC)c1OCc1ccccc1. The maximum Gasteiger partial charge on any atom is 0.243 e. The van der Waals surface area contributed by atoms with Gasteiger partial charge in [-0.1, -0.05) is 47.6 Å². The van der Waals surface area contributed by atoms with Crippen molar-refractivity contribution in [1.29, 1.82) is 0 Å². The highest BCUT2D eigenvalue weighted by Gasteiger charge is 2.13. The molecule has 26 heavy (non-hydrogen) atoms. The molecule has 7 nitrogen and oxygen atoms in total. The third-order valence-electron chi connectivity index (χ3n) is 3.85. The molecule has 0 amide bonds. The fourth-order valence-electron chi connectivity index (χ4n) is 2.58. The Balaban J connectivity index is 1.78. The van der Waals surface area contributed by atoms with E-state index in [2.05, 4.69) is 20.8 Å². The second-order valence-electron chi connectivity index (χ2n) is 5.62. The number of nitrogens with zero attached hydrogens (tertiary/aromatic N) is 4. The van der Waals surface area contributed by atoms with Crippen molar-refractivity contribution in [3.05, 3.63) is 59.7 Å². The molecule has 0 spiro atoms. The summed E-state index contributed by atoms with van der Waals surface area (Å²) >= 11 is 0. The number of hydrogen-bond donors (Lipinski definition) is 1. The number of aryl methyl sites for hydroxylation is 1. The second kappa shape index (κ2) is 8.84. The number of para-hydroxylation sites is 1. The molecule has 0 bridgehead atoms. The zero-order valence-corrected chi connectivity index (χ0v) is 15.1. The molecule has 0 saturated heterocycles. The molecule has 7 heteroatoms. The van der Waals surface area contributed by atoms with Gasteiger partial charge in [-0.15, -0.1) is 0 Å². The van der Waals surface area contributed by atoms with E-state index in [0.29, 0.717) is 32.3 Å². The van der Waals surface area contributed by atoms with Crippen LogP contribution < -0.4 is 14.8 Å². The summed E-state index contributed by atoms with van der Waals surface area (Å²) in [7, 11) is 0. The lowest BCUT2D eigenvalue weighted by atomic mass is 10.1. The largest absolute Gasteiger partial charge is 0.490 e. The fourth-order valence-corrected chi connectivity index (χ4v) is 2.58. The molecule has 0 atom stereocenters. The Morgan fingerprint density at radius 1 is 1.00 bits per heavy atom. The van der Waals surface area contributed by atoms with Gasteiger partial charge in [0.05, 0.1) is 6.61 Å². The highest BCUT2D eigenvalue weighted by molar-refractivity contribution is 5.48. The minimum Gasteiger partial charge on any atom is -0.490 e. The van der Waals surface area contributed by atoms with E-state index in [4.69, 9.17) is 9.47 Å². The molecule has 2 aromatic carbocycles. The molecule has 1 heterocycles. The van der Waals surface area contributed by atoms with Crippen LogP contribution in [0.25, 0.3) is 0 Å². The number of rotatable bonds is 9. The van der Waals surface area contributed by atoms with Crippen LogP contribution in [0.15, 0.2) is 48.5 Å². The summed E-state index contributed by atoms with van der Waals surface area (Å²) in [4.78, 5) is 0. The molecule has 0 unspecified atom stereocenters. The standard InChI is InChI=1S/C19H23N5O2/c1-3-24-19(21-22-23-24)20-13-16-11-8-12-17(25-4-2)18(16)26-14-15-9-6-5-7-10-15/h5-12H,3-4,13-14H2,1-2H3,(H,20,21,23). The van der Waals surface area contributed by atoms with Crippen molar-refractivity contribution in [1.82, 2.24) is 20.2 Å². The van der Waals surface area contributed by atoms with Gasteiger partial charge in [-0.25, -0.2) is 4.68 Å². The molecule has 1 aromatic heterocycles. The maximum atomic E-state index is 6.11. The van der Waals surface area contributed by atoms with E-state index in [1.165, 1.54) is 0 Å². The zero-order chi connectivity index (χ0) is 18.2. The van der Waals surface area contributed by atoms with Gasteiger partial charge in [-0.3, -0.25) is 0 Å². The van der Waals surface area contributed by atoms with Crippen LogP contribution in [-0.4, -0.2) is 26.8 Å². The van der Waals surface area contributed by atoms with E-state index >= 15 is 0 Å². The first kappa shape index (κ1) is 17.7. The second-order valence-corrected chi connectivity index (χ2v) is 5.62. The molecule has 1 N–H and O–H groups in total. The molecule has 3 aromatic rings. The van der Waals surface area contributed by atoms with Gasteiger partial charge in [0.2, 0.25) is 5.95 Å². The monoisotopic (exact) mass is 353 g/mol. The number of tetrazole rings is 1. The molecule has 0 saturated carbocycles. The Labute approximate surface area is 152 Å². The summed E-state index contributed by atoms with van der Waals surface area (Å²) < 4.78 is 13.6. The van der Waals surface area contributed by atoms with Crippen molar-refractivity contribution >= 4 is 5.95 Å². The van der Waals surface area contributed by atoms with Crippen molar-refractivity contribution in [2.24, 2.45) is 0 Å². The van der Waals surface area contributed by atoms with Crippen LogP contribution in [-0.2, 0) is 19.7 Å². The first-order valence-electron chi connectivity index (χ1n) is 8.73. The molecular formula is C19H23N5O2. The van der Waals surface area contributed by atoms with Crippen molar-refractivity contribution in [3.8, 4) is 11.5 Å². The van der Waals surface area contributed by atoms with Gasteiger partial charge < -0.3 is 14.8 Å². The van der Waals surface area contributed by atoms with Gasteiger partial charge in [0.1, 0.15) is 6.61 Å². The Hall–Kier alpha value is -3.09. The molecule has 136 valence electrons. The predicted octanol–water partition coefficient (Wildman–Crippen LogP) is 3.28. The van der Waals surface area contributed by atoms with Crippen molar-refractivity contribution in [3.63, 3.8) is 0 Å². The van der Waals surface area contributed by atoms with Crippen LogP contribution in [0.2, 0.25) is 0 Å². The van der Waals surface area contributed by atoms with E-state index < -0.39 is 0 Å². The fraction of sp³-hybridized carbons (Fsp3) is 0.316. The van der Waals surface area contributed by atoms with Gasteiger partial charge in [0, 0.05) is 18.7 Å². The Morgan fingerprint density at radius 2 is 1.85 bits per heavy atom. The average molecular weight is 353 g/mol. The van der Waals surface area contributed by atoms with E-state index in [-0.39, 0.29) is 0 Å². The third-order valence-corrected chi connectivity index (χ3v) is 3.85. The Morgan fingerprint density at radius 3 is 2.62 bits per heavy atom. The van der Waals surface area contributed by atoms with Crippen molar-refractivity contribution < 1.29 is 9.47 Å². The van der Waals surface area contributed by atoms with E-state index in [1.807, 2.05) is 62.4 Å². The minimum atomic E-state index is 0.477. The molecule has 0 aliphatic rings. The van der Waals surface area contributed by atoms with Crippen LogP contribution in [0.1, 0.15) is 25.0 Å². The number of anilines is 1. The summed E-state index contributed by atoms with van der Waals surface area (Å²) in [6, 6.07) is 16.0. The first-order chi connectivity index (χ1) is 12.8. The van der Waals surface area contributed by atoms with E-state index in [1.54, 1.807) is 4.68 Å². The lowest BCUT2D eigenvalue weighted by Gasteiger charge is -2.16. The van der Waals surface area contributed by atoms with Crippen molar-refractivity contribution in [2.75, 3.05) is 11.9 Å². The predicted molar refractivity (Wildman–Crippen MR) is 99.2 cm³/mol. The quantitative estimate of drug-likeness (QED) is 0.636. The molecule has 0 aliphatic heterocycles. The van der Waals surface area contributed by atoms with Crippen LogP contribution in [0.5, 0.6) is 11.5 Å². The minimum absolute atomic E-state index is 0.477. The topological polar surface area (TPSA) is 74.1 Å². The van der Waals surface area contributed by atoms with Crippen LogP contribution in [0.4, 0.5) is 5.95 Å².